The van der Waals surface area contributed by atoms with Gasteiger partial charge in [0.15, 0.2) is 0 Å². The van der Waals surface area contributed by atoms with Gasteiger partial charge < -0.3 is 25.4 Å². The number of ether oxygens (including phenoxy) is 1. The lowest BCUT2D eigenvalue weighted by atomic mass is 9.65. The Labute approximate surface area is 289 Å². The van der Waals surface area contributed by atoms with Crippen molar-refractivity contribution in [3.63, 3.8) is 0 Å². The first-order chi connectivity index (χ1) is 22.8. The molecule has 4 heterocycles. The maximum atomic E-state index is 14.4. The van der Waals surface area contributed by atoms with Crippen molar-refractivity contribution in [3.05, 3.63) is 12.2 Å². The highest BCUT2D eigenvalue weighted by Gasteiger charge is 2.62. The number of nitrogens with zero attached hydrogens (tertiary/aromatic N) is 2. The lowest BCUT2D eigenvalue weighted by Crippen LogP contribution is -2.56. The molecule has 3 saturated heterocycles. The van der Waals surface area contributed by atoms with E-state index in [9.17, 15) is 24.3 Å². The number of rotatable bonds is 4. The summed E-state index contributed by atoms with van der Waals surface area (Å²) in [7, 11) is 0. The van der Waals surface area contributed by atoms with Gasteiger partial charge in [0.1, 0.15) is 23.2 Å². The van der Waals surface area contributed by atoms with Crippen LogP contribution >= 0.6 is 11.8 Å². The topological polar surface area (TPSA) is 152 Å². The maximum Gasteiger partial charge on any atom is 0.408 e. The first kappa shape index (κ1) is 35.5. The molecule has 11 atom stereocenters. The van der Waals surface area contributed by atoms with Gasteiger partial charge in [0.2, 0.25) is 11.8 Å². The van der Waals surface area contributed by atoms with Crippen LogP contribution in [-0.4, -0.2) is 98.4 Å². The molecule has 6 aliphatic rings. The molecule has 4 aliphatic heterocycles. The number of amides is 3. The fourth-order valence-electron chi connectivity index (χ4n) is 8.89. The molecule has 5 N–H and O–H groups in total. The van der Waals surface area contributed by atoms with Gasteiger partial charge in [-0.2, -0.15) is 16.9 Å². The number of hydrazine groups is 2. The van der Waals surface area contributed by atoms with E-state index in [1.165, 1.54) is 17.9 Å². The third-order valence-corrected chi connectivity index (χ3v) is 13.1. The Balaban J connectivity index is 1.24. The average Bonchev–Trinajstić information content (AvgIpc) is 3.47. The summed E-state index contributed by atoms with van der Waals surface area (Å²) in [6.45, 7) is 10.3. The molecule has 6 rings (SSSR count). The highest BCUT2D eigenvalue weighted by molar-refractivity contribution is 7.99. The monoisotopic (exact) mass is 688 g/mol. The maximum absolute atomic E-state index is 14.4. The van der Waals surface area contributed by atoms with Crippen LogP contribution in [0.3, 0.4) is 0 Å². The predicted octanol–water partition coefficient (Wildman–Crippen LogP) is 3.44. The molecule has 6 unspecified atom stereocenters. The summed E-state index contributed by atoms with van der Waals surface area (Å²) in [6, 6.07) is -1.49. The zero-order chi connectivity index (χ0) is 34.4. The lowest BCUT2D eigenvalue weighted by Gasteiger charge is -2.43. The van der Waals surface area contributed by atoms with E-state index in [-0.39, 0.29) is 36.5 Å². The molecule has 12 nitrogen and oxygen atoms in total. The normalized spacial score (nSPS) is 41.6. The SMILES string of the molecule is CC1C(C)C2NN([C@H]3C[C@H]4C(=O)N[C@]5(C(=O)O)C[C@H]5/C=C\CCCCC[C@H](NC(=O)OC(C)(C)C)C(=O)N4C3)NC2CC1C1CCSC1. The Bertz CT molecular complexity index is 1270. The van der Waals surface area contributed by atoms with Crippen molar-refractivity contribution in [3.8, 4) is 0 Å². The van der Waals surface area contributed by atoms with Gasteiger partial charge >= 0.3 is 12.1 Å². The largest absolute Gasteiger partial charge is 0.479 e. The van der Waals surface area contributed by atoms with E-state index in [1.807, 2.05) is 17.3 Å². The quantitative estimate of drug-likeness (QED) is 0.278. The van der Waals surface area contributed by atoms with Gasteiger partial charge in [-0.3, -0.25) is 9.59 Å². The first-order valence-electron chi connectivity index (χ1n) is 18.2. The summed E-state index contributed by atoms with van der Waals surface area (Å²) in [5, 5.41) is 17.9. The number of thioether (sulfide) groups is 1. The fourth-order valence-corrected chi connectivity index (χ4v) is 10.2. The molecule has 268 valence electrons. The summed E-state index contributed by atoms with van der Waals surface area (Å²) in [5.74, 6) is 2.77. The lowest BCUT2D eigenvalue weighted by molar-refractivity contribution is -0.145. The minimum atomic E-state index is -1.37. The van der Waals surface area contributed by atoms with Crippen LogP contribution in [0.5, 0.6) is 0 Å². The van der Waals surface area contributed by atoms with Crippen LogP contribution in [0.4, 0.5) is 4.79 Å². The molecular formula is C35H56N6O6S. The number of hydrogen-bond donors (Lipinski definition) is 5. The van der Waals surface area contributed by atoms with Gasteiger partial charge in [-0.15, -0.1) is 0 Å². The van der Waals surface area contributed by atoms with Gasteiger partial charge in [-0.25, -0.2) is 20.4 Å². The van der Waals surface area contributed by atoms with Gasteiger partial charge in [0.05, 0.1) is 6.04 Å². The van der Waals surface area contributed by atoms with E-state index < -0.39 is 41.2 Å². The van der Waals surface area contributed by atoms with Crippen molar-refractivity contribution in [2.45, 2.75) is 134 Å². The van der Waals surface area contributed by atoms with Gasteiger partial charge in [-0.1, -0.05) is 38.8 Å². The van der Waals surface area contributed by atoms with E-state index in [0.29, 0.717) is 43.4 Å². The second-order valence-electron chi connectivity index (χ2n) is 16.2. The molecule has 0 radical (unpaired) electrons. The molecule has 0 aromatic carbocycles. The number of carboxylic acid groups (broad SMARTS) is 1. The number of carbonyl (C=O) groups is 4. The van der Waals surface area contributed by atoms with E-state index in [2.05, 4.69) is 47.1 Å². The molecular weight excluding hydrogens is 632 g/mol. The van der Waals surface area contributed by atoms with Crippen LogP contribution in [0.2, 0.25) is 0 Å². The van der Waals surface area contributed by atoms with Gasteiger partial charge in [-0.05, 0) is 101 Å². The molecule has 3 amide bonds. The summed E-state index contributed by atoms with van der Waals surface area (Å²) in [4.78, 5) is 55.4. The Morgan fingerprint density at radius 2 is 1.88 bits per heavy atom. The van der Waals surface area contributed by atoms with Crippen molar-refractivity contribution in [2.24, 2.45) is 29.6 Å². The molecule has 0 bridgehead atoms. The third kappa shape index (κ3) is 7.39. The van der Waals surface area contributed by atoms with Crippen LogP contribution < -0.4 is 21.5 Å². The average molecular weight is 689 g/mol. The number of aliphatic carboxylic acids is 1. The second kappa shape index (κ2) is 14.1. The smallest absolute Gasteiger partial charge is 0.408 e. The summed E-state index contributed by atoms with van der Waals surface area (Å²) < 4.78 is 5.52. The minimum Gasteiger partial charge on any atom is -0.479 e. The second-order valence-corrected chi connectivity index (χ2v) is 17.4. The summed E-state index contributed by atoms with van der Waals surface area (Å²) in [6.07, 6.45) is 9.92. The van der Waals surface area contributed by atoms with E-state index >= 15 is 0 Å². The third-order valence-electron chi connectivity index (χ3n) is 11.9. The molecule has 0 aromatic heterocycles. The molecule has 48 heavy (non-hydrogen) atoms. The Kier molecular flexibility index (Phi) is 10.4. The molecule has 2 saturated carbocycles. The van der Waals surface area contributed by atoms with E-state index in [1.54, 1.807) is 25.7 Å². The highest BCUT2D eigenvalue weighted by atomic mass is 32.2. The standard InChI is InChI=1S/C35H56N6O6S/c1-20-21(2)29-27(16-25(20)22-13-14-48-19-22)38-41(39-29)24-15-28-30(42)37-35(32(44)45)17-23(35)11-9-7-6-8-10-12-26(31(43)40(28)18-24)36-33(46)47-34(3,4)5/h9,11,20-29,38-39H,6-8,10,12-19H2,1-5H3,(H,36,46)(H,37,42)(H,44,45)/b11-9-/t20?,21?,22?,23-,24+,25?,26+,27?,28+,29?,35-/m1/s1. The number of nitrogens with one attached hydrogen (secondary N) is 4. The van der Waals surface area contributed by atoms with Crippen LogP contribution in [0.15, 0.2) is 12.2 Å². The fraction of sp³-hybridized carbons (Fsp3) is 0.829. The summed E-state index contributed by atoms with van der Waals surface area (Å²) >= 11 is 2.06. The Morgan fingerprint density at radius 3 is 2.58 bits per heavy atom. The van der Waals surface area contributed by atoms with Crippen molar-refractivity contribution in [1.29, 1.82) is 0 Å². The number of allylic oxidation sites excluding steroid dienone is 1. The number of fused-ring (bicyclic) bond motifs is 3. The highest BCUT2D eigenvalue weighted by Crippen LogP contribution is 2.47. The number of carboxylic acids is 1. The van der Waals surface area contributed by atoms with Crippen molar-refractivity contribution >= 4 is 35.6 Å². The predicted molar refractivity (Wildman–Crippen MR) is 183 cm³/mol. The van der Waals surface area contributed by atoms with Crippen LogP contribution in [-0.2, 0) is 19.1 Å². The molecule has 2 aliphatic carbocycles. The Morgan fingerprint density at radius 1 is 1.08 bits per heavy atom. The summed E-state index contributed by atoms with van der Waals surface area (Å²) in [5.41, 5.74) is 5.37. The first-order valence-corrected chi connectivity index (χ1v) is 19.3. The van der Waals surface area contributed by atoms with Crippen LogP contribution in [0, 0.1) is 29.6 Å². The zero-order valence-corrected chi connectivity index (χ0v) is 30.0. The van der Waals surface area contributed by atoms with Crippen molar-refractivity contribution < 1.29 is 29.0 Å². The van der Waals surface area contributed by atoms with Gasteiger partial charge in [0.25, 0.3) is 0 Å². The molecule has 13 heteroatoms. The van der Waals surface area contributed by atoms with Gasteiger partial charge in [0, 0.05) is 24.5 Å². The van der Waals surface area contributed by atoms with Crippen LogP contribution in [0.1, 0.15) is 92.4 Å². The zero-order valence-electron chi connectivity index (χ0n) is 29.2. The van der Waals surface area contributed by atoms with Crippen molar-refractivity contribution in [2.75, 3.05) is 18.1 Å². The number of carbonyl (C=O) groups excluding carboxylic acids is 3. The van der Waals surface area contributed by atoms with E-state index in [4.69, 9.17) is 4.74 Å². The van der Waals surface area contributed by atoms with E-state index in [0.717, 1.165) is 31.6 Å². The molecule has 0 spiro atoms. The molecule has 0 aromatic rings. The Hall–Kier alpha value is -2.35. The molecule has 5 fully saturated rings. The minimum absolute atomic E-state index is 0.227. The van der Waals surface area contributed by atoms with Crippen molar-refractivity contribution in [1.82, 2.24) is 31.5 Å². The number of alkyl carbamates (subject to hydrolysis) is 1. The van der Waals surface area contributed by atoms with Crippen LogP contribution in [0.25, 0.3) is 0 Å². The number of hydrogen-bond acceptors (Lipinski definition) is 9.